The van der Waals surface area contributed by atoms with E-state index in [0.717, 1.165) is 4.90 Å². The summed E-state index contributed by atoms with van der Waals surface area (Å²) in [5.41, 5.74) is 0.856. The summed E-state index contributed by atoms with van der Waals surface area (Å²) in [7, 11) is -3.81. The number of hydrogen-bond acceptors (Lipinski definition) is 5. The predicted octanol–water partition coefficient (Wildman–Crippen LogP) is 4.23. The number of sulfonamides is 1. The van der Waals surface area contributed by atoms with E-state index in [1.165, 1.54) is 54.2 Å². The van der Waals surface area contributed by atoms with Crippen LogP contribution in [0.15, 0.2) is 82.6 Å². The molecule has 1 atom stereocenters. The Labute approximate surface area is 195 Å². The molecule has 172 valence electrons. The zero-order chi connectivity index (χ0) is 24.0. The van der Waals surface area contributed by atoms with Gasteiger partial charge in [0.2, 0.25) is 15.9 Å². The van der Waals surface area contributed by atoms with Crippen LogP contribution >= 0.6 is 11.8 Å². The minimum atomic E-state index is -3.81. The molecule has 0 aliphatic carbocycles. The second kappa shape index (κ2) is 10.6. The number of carbonyl (C=O) groups is 2. The molecule has 0 fully saturated rings. The van der Waals surface area contributed by atoms with Crippen LogP contribution in [0.1, 0.15) is 23.7 Å². The Morgan fingerprint density at radius 2 is 1.67 bits per heavy atom. The lowest BCUT2D eigenvalue weighted by atomic mass is 10.2. The van der Waals surface area contributed by atoms with Gasteiger partial charge >= 0.3 is 0 Å². The van der Waals surface area contributed by atoms with Crippen LogP contribution in [0, 0.1) is 5.82 Å². The molecule has 3 rings (SSSR count). The number of primary sulfonamides is 1. The summed E-state index contributed by atoms with van der Waals surface area (Å²) in [5.74, 6) is -1.44. The number of thioether (sulfide) groups is 1. The van der Waals surface area contributed by atoms with Gasteiger partial charge in [0, 0.05) is 16.3 Å². The molecule has 3 aromatic carbocycles. The van der Waals surface area contributed by atoms with E-state index in [4.69, 9.17) is 5.14 Å². The maximum atomic E-state index is 13.8. The molecule has 0 aliphatic heterocycles. The van der Waals surface area contributed by atoms with Crippen molar-refractivity contribution < 1.29 is 22.4 Å². The maximum Gasteiger partial charge on any atom is 0.258 e. The normalized spacial score (nSPS) is 12.1. The number of amides is 2. The van der Waals surface area contributed by atoms with Crippen molar-refractivity contribution in [2.75, 3.05) is 10.6 Å². The number of nitrogens with one attached hydrogen (secondary N) is 2. The topological polar surface area (TPSA) is 118 Å². The first-order valence-corrected chi connectivity index (χ1v) is 12.4. The summed E-state index contributed by atoms with van der Waals surface area (Å²) in [4.78, 5) is 25.8. The maximum absolute atomic E-state index is 13.8. The summed E-state index contributed by atoms with van der Waals surface area (Å²) >= 11 is 1.31. The van der Waals surface area contributed by atoms with Crippen molar-refractivity contribution in [2.24, 2.45) is 5.14 Å². The number of rotatable bonds is 8. The smallest absolute Gasteiger partial charge is 0.258 e. The average Bonchev–Trinajstić information content (AvgIpc) is 2.77. The molecule has 0 radical (unpaired) electrons. The third kappa shape index (κ3) is 6.64. The van der Waals surface area contributed by atoms with E-state index in [1.54, 1.807) is 30.3 Å². The number of carbonyl (C=O) groups excluding carboxylic acids is 2. The zero-order valence-electron chi connectivity index (χ0n) is 17.6. The average molecular weight is 488 g/mol. The minimum absolute atomic E-state index is 0.0452. The van der Waals surface area contributed by atoms with Crippen molar-refractivity contribution in [2.45, 2.75) is 28.4 Å². The van der Waals surface area contributed by atoms with E-state index in [1.807, 2.05) is 6.92 Å². The summed E-state index contributed by atoms with van der Waals surface area (Å²) in [5, 5.41) is 10.1. The second-order valence-electron chi connectivity index (χ2n) is 7.04. The number of nitrogens with two attached hydrogens (primary N) is 1. The largest absolute Gasteiger partial charge is 0.325 e. The van der Waals surface area contributed by atoms with Crippen LogP contribution in [0.25, 0.3) is 0 Å². The van der Waals surface area contributed by atoms with Crippen molar-refractivity contribution in [3.8, 4) is 0 Å². The molecule has 2 amide bonds. The third-order valence-corrected chi connectivity index (χ3v) is 6.89. The second-order valence-corrected chi connectivity index (χ2v) is 9.87. The lowest BCUT2D eigenvalue weighted by molar-refractivity contribution is -0.115. The summed E-state index contributed by atoms with van der Waals surface area (Å²) in [6, 6.07) is 18.2. The van der Waals surface area contributed by atoms with Gasteiger partial charge in [-0.05, 0) is 61.0 Å². The van der Waals surface area contributed by atoms with Gasteiger partial charge in [0.25, 0.3) is 5.91 Å². The van der Waals surface area contributed by atoms with Gasteiger partial charge in [-0.1, -0.05) is 25.1 Å². The van der Waals surface area contributed by atoms with Crippen LogP contribution in [-0.4, -0.2) is 25.5 Å². The molecule has 1 unspecified atom stereocenters. The van der Waals surface area contributed by atoms with Crippen molar-refractivity contribution >= 4 is 45.0 Å². The molecular weight excluding hydrogens is 465 g/mol. The molecule has 3 aromatic rings. The Hall–Kier alpha value is -3.21. The van der Waals surface area contributed by atoms with Gasteiger partial charge in [0.15, 0.2) is 0 Å². The molecule has 4 N–H and O–H groups in total. The van der Waals surface area contributed by atoms with Crippen molar-refractivity contribution in [1.82, 2.24) is 0 Å². The molecule has 33 heavy (non-hydrogen) atoms. The van der Waals surface area contributed by atoms with Crippen LogP contribution in [0.5, 0.6) is 0 Å². The Balaban J connectivity index is 1.66. The first-order valence-electron chi connectivity index (χ1n) is 9.93. The number of benzene rings is 3. The summed E-state index contributed by atoms with van der Waals surface area (Å²) in [6.07, 6.45) is 0.525. The SMILES string of the molecule is CCC(Sc1cccc(NC(=O)c2ccccc2F)c1)C(=O)Nc1ccc(S(N)(=O)=O)cc1. The van der Waals surface area contributed by atoms with Gasteiger partial charge in [0.05, 0.1) is 15.7 Å². The van der Waals surface area contributed by atoms with Crippen molar-refractivity contribution in [3.05, 3.63) is 84.2 Å². The molecule has 0 spiro atoms. The fourth-order valence-corrected chi connectivity index (χ4v) is 4.46. The highest BCUT2D eigenvalue weighted by atomic mass is 32.2. The van der Waals surface area contributed by atoms with E-state index in [-0.39, 0.29) is 16.4 Å². The molecule has 0 heterocycles. The van der Waals surface area contributed by atoms with Crippen LogP contribution in [0.4, 0.5) is 15.8 Å². The first kappa shape index (κ1) is 24.4. The van der Waals surface area contributed by atoms with E-state index in [2.05, 4.69) is 10.6 Å². The van der Waals surface area contributed by atoms with Crippen molar-refractivity contribution in [1.29, 1.82) is 0 Å². The molecule has 0 saturated carbocycles. The third-order valence-electron chi connectivity index (χ3n) is 4.60. The quantitative estimate of drug-likeness (QED) is 0.411. The Bertz CT molecular complexity index is 1260. The lowest BCUT2D eigenvalue weighted by Gasteiger charge is -2.16. The summed E-state index contributed by atoms with van der Waals surface area (Å²) < 4.78 is 36.6. The fraction of sp³-hybridized carbons (Fsp3) is 0.130. The van der Waals surface area contributed by atoms with E-state index in [9.17, 15) is 22.4 Å². The van der Waals surface area contributed by atoms with Gasteiger partial charge in [-0.15, -0.1) is 11.8 Å². The van der Waals surface area contributed by atoms with Gasteiger partial charge in [-0.3, -0.25) is 9.59 Å². The fourth-order valence-electron chi connectivity index (χ4n) is 2.93. The van der Waals surface area contributed by atoms with Gasteiger partial charge in [0.1, 0.15) is 5.82 Å². The monoisotopic (exact) mass is 487 g/mol. The van der Waals surface area contributed by atoms with Gasteiger partial charge in [-0.25, -0.2) is 17.9 Å². The molecule has 0 saturated heterocycles. The summed E-state index contributed by atoms with van der Waals surface area (Å²) in [6.45, 7) is 1.87. The highest BCUT2D eigenvalue weighted by Crippen LogP contribution is 2.29. The predicted molar refractivity (Wildman–Crippen MR) is 127 cm³/mol. The standard InChI is InChI=1S/C23H22FN3O4S2/c1-2-21(23(29)26-15-10-12-18(13-11-15)33(25,30)31)32-17-7-5-6-16(14-17)27-22(28)19-8-3-4-9-20(19)24/h3-14,21H,2H2,1H3,(H,26,29)(H,27,28)(H2,25,30,31). The van der Waals surface area contributed by atoms with Crippen LogP contribution < -0.4 is 15.8 Å². The van der Waals surface area contributed by atoms with Gasteiger partial charge in [-0.2, -0.15) is 0 Å². The Morgan fingerprint density at radius 3 is 2.30 bits per heavy atom. The first-order chi connectivity index (χ1) is 15.7. The number of anilines is 2. The lowest BCUT2D eigenvalue weighted by Crippen LogP contribution is -2.24. The Kier molecular flexibility index (Phi) is 7.85. The Morgan fingerprint density at radius 1 is 0.970 bits per heavy atom. The van der Waals surface area contributed by atoms with Crippen LogP contribution in [-0.2, 0) is 14.8 Å². The van der Waals surface area contributed by atoms with E-state index < -0.39 is 27.0 Å². The van der Waals surface area contributed by atoms with Crippen molar-refractivity contribution in [3.63, 3.8) is 0 Å². The molecule has 10 heteroatoms. The molecule has 0 aromatic heterocycles. The number of hydrogen-bond donors (Lipinski definition) is 3. The zero-order valence-corrected chi connectivity index (χ0v) is 19.3. The van der Waals surface area contributed by atoms with E-state index >= 15 is 0 Å². The molecular formula is C23H22FN3O4S2. The van der Waals surface area contributed by atoms with Crippen LogP contribution in [0.2, 0.25) is 0 Å². The van der Waals surface area contributed by atoms with Crippen LogP contribution in [0.3, 0.4) is 0 Å². The van der Waals surface area contributed by atoms with E-state index in [0.29, 0.717) is 17.8 Å². The molecule has 7 nitrogen and oxygen atoms in total. The minimum Gasteiger partial charge on any atom is -0.325 e. The molecule has 0 bridgehead atoms. The molecule has 0 aliphatic rings. The highest BCUT2D eigenvalue weighted by Gasteiger charge is 2.19. The highest BCUT2D eigenvalue weighted by molar-refractivity contribution is 8.00. The van der Waals surface area contributed by atoms with Gasteiger partial charge < -0.3 is 10.6 Å². The number of halogens is 1.